The van der Waals surface area contributed by atoms with E-state index in [1.54, 1.807) is 0 Å². The van der Waals surface area contributed by atoms with Crippen LogP contribution >= 0.6 is 34.8 Å². The standard InChI is InChI=1S/C13H6Cl3F3N4O/c14-7-1-2-10-20-6(3-11(24)23(10)12(7)16)5-22-9(15)4-8(21-22)13(17,18)19/h1-4H,5H2. The van der Waals surface area contributed by atoms with Crippen LogP contribution in [0.2, 0.25) is 15.3 Å². The smallest absolute Gasteiger partial charge is 0.269 e. The molecule has 0 amide bonds. The number of alkyl halides is 3. The Morgan fingerprint density at radius 3 is 2.46 bits per heavy atom. The predicted molar refractivity (Wildman–Crippen MR) is 82.8 cm³/mol. The van der Waals surface area contributed by atoms with Crippen molar-refractivity contribution in [1.82, 2.24) is 19.2 Å². The van der Waals surface area contributed by atoms with Gasteiger partial charge < -0.3 is 0 Å². The number of hydrogen-bond acceptors (Lipinski definition) is 3. The minimum atomic E-state index is -4.62. The van der Waals surface area contributed by atoms with Crippen molar-refractivity contribution in [2.24, 2.45) is 0 Å². The summed E-state index contributed by atoms with van der Waals surface area (Å²) < 4.78 is 39.9. The molecular formula is C13H6Cl3F3N4O. The molecule has 0 bridgehead atoms. The molecule has 24 heavy (non-hydrogen) atoms. The molecule has 3 aromatic heterocycles. The molecule has 0 fully saturated rings. The highest BCUT2D eigenvalue weighted by molar-refractivity contribution is 6.41. The lowest BCUT2D eigenvalue weighted by atomic mass is 10.3. The van der Waals surface area contributed by atoms with Gasteiger partial charge in [0.2, 0.25) is 0 Å². The summed E-state index contributed by atoms with van der Waals surface area (Å²) in [5, 5.41) is 3.32. The van der Waals surface area contributed by atoms with Gasteiger partial charge >= 0.3 is 6.18 Å². The lowest BCUT2D eigenvalue weighted by Crippen LogP contribution is -2.18. The summed E-state index contributed by atoms with van der Waals surface area (Å²) in [5.41, 5.74) is -1.27. The van der Waals surface area contributed by atoms with E-state index in [0.717, 1.165) is 15.1 Å². The molecule has 0 aliphatic carbocycles. The first kappa shape index (κ1) is 17.1. The zero-order valence-corrected chi connectivity index (χ0v) is 13.7. The fraction of sp³-hybridized carbons (Fsp3) is 0.154. The number of nitrogens with zero attached hydrogens (tertiary/aromatic N) is 4. The van der Waals surface area contributed by atoms with E-state index in [0.29, 0.717) is 6.07 Å². The molecule has 0 unspecified atom stereocenters. The number of fused-ring (bicyclic) bond motifs is 1. The van der Waals surface area contributed by atoms with Crippen molar-refractivity contribution in [1.29, 1.82) is 0 Å². The maximum absolute atomic E-state index is 12.6. The summed E-state index contributed by atoms with van der Waals surface area (Å²) in [6.07, 6.45) is -4.62. The van der Waals surface area contributed by atoms with Gasteiger partial charge in [0.15, 0.2) is 5.69 Å². The summed E-state index contributed by atoms with van der Waals surface area (Å²) in [6.45, 7) is -0.207. The van der Waals surface area contributed by atoms with Gasteiger partial charge in [0.1, 0.15) is 16.0 Å². The second-order valence-corrected chi connectivity index (χ2v) is 5.91. The van der Waals surface area contributed by atoms with E-state index < -0.39 is 17.4 Å². The fourth-order valence-electron chi connectivity index (χ4n) is 2.06. The lowest BCUT2D eigenvalue weighted by Gasteiger charge is -2.07. The van der Waals surface area contributed by atoms with Crippen LogP contribution in [0.15, 0.2) is 29.1 Å². The van der Waals surface area contributed by atoms with Crippen molar-refractivity contribution in [3.05, 3.63) is 61.3 Å². The minimum absolute atomic E-state index is 0.00491. The molecule has 0 aliphatic heterocycles. The predicted octanol–water partition coefficient (Wildman–Crippen LogP) is 3.92. The van der Waals surface area contributed by atoms with E-state index >= 15 is 0 Å². The molecule has 0 aliphatic rings. The van der Waals surface area contributed by atoms with Crippen molar-refractivity contribution < 1.29 is 13.2 Å². The number of halogens is 6. The Hall–Kier alpha value is -1.77. The molecular weight excluding hydrogens is 392 g/mol. The molecule has 0 aromatic carbocycles. The maximum Gasteiger partial charge on any atom is 0.435 e. The Kier molecular flexibility index (Phi) is 4.23. The Bertz CT molecular complexity index is 997. The molecule has 0 atom stereocenters. The number of hydrogen-bond donors (Lipinski definition) is 0. The molecule has 0 saturated carbocycles. The van der Waals surface area contributed by atoms with Crippen LogP contribution in [0.3, 0.4) is 0 Å². The third-order valence-electron chi connectivity index (χ3n) is 3.10. The normalized spacial score (nSPS) is 12.1. The van der Waals surface area contributed by atoms with Crippen LogP contribution < -0.4 is 5.56 Å². The zero-order chi connectivity index (χ0) is 17.6. The van der Waals surface area contributed by atoms with Crippen molar-refractivity contribution in [2.45, 2.75) is 12.7 Å². The molecule has 3 heterocycles. The largest absolute Gasteiger partial charge is 0.435 e. The molecule has 0 saturated heterocycles. The van der Waals surface area contributed by atoms with Crippen LogP contribution in [-0.4, -0.2) is 19.2 Å². The Balaban J connectivity index is 2.04. The van der Waals surface area contributed by atoms with Crippen molar-refractivity contribution >= 4 is 40.4 Å². The summed E-state index contributed by atoms with van der Waals surface area (Å²) >= 11 is 17.5. The Morgan fingerprint density at radius 2 is 1.83 bits per heavy atom. The van der Waals surface area contributed by atoms with Gasteiger partial charge in [0, 0.05) is 12.1 Å². The molecule has 0 radical (unpaired) electrons. The van der Waals surface area contributed by atoms with Crippen LogP contribution in [0.5, 0.6) is 0 Å². The average molecular weight is 398 g/mol. The van der Waals surface area contributed by atoms with Crippen LogP contribution in [-0.2, 0) is 12.7 Å². The molecule has 3 aromatic rings. The molecule has 0 N–H and O–H groups in total. The first-order valence-electron chi connectivity index (χ1n) is 6.34. The summed E-state index contributed by atoms with van der Waals surface area (Å²) in [4.78, 5) is 16.3. The quantitative estimate of drug-likeness (QED) is 0.616. The van der Waals surface area contributed by atoms with E-state index in [1.807, 2.05) is 0 Å². The minimum Gasteiger partial charge on any atom is -0.269 e. The van der Waals surface area contributed by atoms with Gasteiger partial charge in [-0.25, -0.2) is 14.1 Å². The highest BCUT2D eigenvalue weighted by Crippen LogP contribution is 2.30. The summed E-state index contributed by atoms with van der Waals surface area (Å²) in [6, 6.07) is 4.75. The third kappa shape index (κ3) is 3.09. The van der Waals surface area contributed by atoms with E-state index in [9.17, 15) is 18.0 Å². The third-order valence-corrected chi connectivity index (χ3v) is 4.18. The van der Waals surface area contributed by atoms with Crippen molar-refractivity contribution in [3.8, 4) is 0 Å². The fourth-order valence-corrected chi connectivity index (χ4v) is 2.64. The Labute approximate surface area is 147 Å². The van der Waals surface area contributed by atoms with Crippen LogP contribution in [0.1, 0.15) is 11.4 Å². The van der Waals surface area contributed by atoms with Crippen LogP contribution in [0, 0.1) is 0 Å². The summed E-state index contributed by atoms with van der Waals surface area (Å²) in [5.74, 6) is 0. The number of pyridine rings is 1. The van der Waals surface area contributed by atoms with Gasteiger partial charge in [0.25, 0.3) is 5.56 Å². The van der Waals surface area contributed by atoms with Crippen molar-refractivity contribution in [2.75, 3.05) is 0 Å². The van der Waals surface area contributed by atoms with Gasteiger partial charge in [-0.05, 0) is 12.1 Å². The Morgan fingerprint density at radius 1 is 1.12 bits per heavy atom. The van der Waals surface area contributed by atoms with E-state index in [-0.39, 0.29) is 33.2 Å². The maximum atomic E-state index is 12.6. The van der Waals surface area contributed by atoms with Gasteiger partial charge in [-0.1, -0.05) is 34.8 Å². The van der Waals surface area contributed by atoms with Gasteiger partial charge in [-0.15, -0.1) is 0 Å². The van der Waals surface area contributed by atoms with E-state index in [1.165, 1.54) is 12.1 Å². The van der Waals surface area contributed by atoms with Gasteiger partial charge in [-0.3, -0.25) is 4.79 Å². The summed E-state index contributed by atoms with van der Waals surface area (Å²) in [7, 11) is 0. The van der Waals surface area contributed by atoms with Crippen molar-refractivity contribution in [3.63, 3.8) is 0 Å². The molecule has 0 spiro atoms. The topological polar surface area (TPSA) is 52.2 Å². The number of rotatable bonds is 2. The van der Waals surface area contributed by atoms with Gasteiger partial charge in [0.05, 0.1) is 17.3 Å². The van der Waals surface area contributed by atoms with Crippen LogP contribution in [0.4, 0.5) is 13.2 Å². The number of aromatic nitrogens is 4. The molecule has 11 heteroatoms. The SMILES string of the molecule is O=c1cc(Cn2nc(C(F)(F)F)cc2Cl)nc2ccc(Cl)c(Cl)n12. The zero-order valence-electron chi connectivity index (χ0n) is 11.5. The molecule has 126 valence electrons. The monoisotopic (exact) mass is 396 g/mol. The second kappa shape index (κ2) is 5.94. The molecule has 3 rings (SSSR count). The van der Waals surface area contributed by atoms with E-state index in [2.05, 4.69) is 10.1 Å². The molecule has 5 nitrogen and oxygen atoms in total. The first-order chi connectivity index (χ1) is 11.2. The average Bonchev–Trinajstić information content (AvgIpc) is 2.84. The van der Waals surface area contributed by atoms with Crippen LogP contribution in [0.25, 0.3) is 5.65 Å². The lowest BCUT2D eigenvalue weighted by molar-refractivity contribution is -0.141. The highest BCUT2D eigenvalue weighted by atomic mass is 35.5. The second-order valence-electron chi connectivity index (χ2n) is 4.76. The highest BCUT2D eigenvalue weighted by Gasteiger charge is 2.34. The first-order valence-corrected chi connectivity index (χ1v) is 7.47. The van der Waals surface area contributed by atoms with E-state index in [4.69, 9.17) is 34.8 Å². The van der Waals surface area contributed by atoms with Gasteiger partial charge in [-0.2, -0.15) is 18.3 Å².